The van der Waals surface area contributed by atoms with Crippen molar-refractivity contribution in [3.8, 4) is 0 Å². The van der Waals surface area contributed by atoms with Crippen LogP contribution in [0.2, 0.25) is 0 Å². The van der Waals surface area contributed by atoms with Gasteiger partial charge in [0.05, 0.1) is 6.04 Å². The highest BCUT2D eigenvalue weighted by molar-refractivity contribution is 5.94. The van der Waals surface area contributed by atoms with Gasteiger partial charge in [0.25, 0.3) is 5.91 Å². The van der Waals surface area contributed by atoms with Crippen LogP contribution in [0.1, 0.15) is 62.7 Å². The first kappa shape index (κ1) is 34.1. The molecular formula is C36H48F2N5O2+. The minimum atomic E-state index is -0.962. The Morgan fingerprint density at radius 3 is 1.98 bits per heavy atom. The molecule has 7 nitrogen and oxygen atoms in total. The van der Waals surface area contributed by atoms with Crippen LogP contribution in [0.15, 0.2) is 78.9 Å². The van der Waals surface area contributed by atoms with Gasteiger partial charge in [0.1, 0.15) is 29.6 Å². The fraction of sp³-hybridized carbons (Fsp3) is 0.444. The van der Waals surface area contributed by atoms with Crippen molar-refractivity contribution in [1.82, 2.24) is 25.3 Å². The van der Waals surface area contributed by atoms with E-state index in [1.165, 1.54) is 30.7 Å². The van der Waals surface area contributed by atoms with Gasteiger partial charge in [-0.15, -0.1) is 0 Å². The lowest BCUT2D eigenvalue weighted by molar-refractivity contribution is 0.0108. The van der Waals surface area contributed by atoms with Crippen LogP contribution in [-0.2, 0) is 0 Å². The smallest absolute Gasteiger partial charge is 0.319 e. The quantitative estimate of drug-likeness (QED) is 0.143. The van der Waals surface area contributed by atoms with Crippen molar-refractivity contribution in [3.05, 3.63) is 96.1 Å². The van der Waals surface area contributed by atoms with Crippen LogP contribution in [-0.4, -0.2) is 62.3 Å². The zero-order valence-corrected chi connectivity index (χ0v) is 27.0. The number of piperidine rings is 1. The average molecular weight is 621 g/mol. The number of benzene rings is 3. The van der Waals surface area contributed by atoms with Gasteiger partial charge in [0, 0.05) is 62.2 Å². The number of urea groups is 1. The number of carbonyl (C=O) groups excluding carboxylic acids is 2. The van der Waals surface area contributed by atoms with Gasteiger partial charge in [-0.1, -0.05) is 50.8 Å². The average Bonchev–Trinajstić information content (AvgIpc) is 3.02. The van der Waals surface area contributed by atoms with Crippen molar-refractivity contribution in [2.75, 3.05) is 33.7 Å². The summed E-state index contributed by atoms with van der Waals surface area (Å²) in [5.74, 6) is -0.950. The third-order valence-electron chi connectivity index (χ3n) is 9.21. The molecule has 242 valence electrons. The zero-order chi connectivity index (χ0) is 32.5. The first-order valence-electron chi connectivity index (χ1n) is 16.1. The van der Waals surface area contributed by atoms with E-state index in [0.717, 1.165) is 37.1 Å². The maximum Gasteiger partial charge on any atom is 0.319 e. The molecule has 0 aliphatic carbocycles. The molecule has 0 aromatic heterocycles. The molecule has 1 aliphatic heterocycles. The first-order valence-corrected chi connectivity index (χ1v) is 16.1. The Labute approximate surface area is 266 Å². The van der Waals surface area contributed by atoms with Gasteiger partial charge in [0.2, 0.25) is 0 Å². The van der Waals surface area contributed by atoms with Gasteiger partial charge in [-0.3, -0.25) is 10.1 Å². The van der Waals surface area contributed by atoms with Gasteiger partial charge >= 0.3 is 6.03 Å². The summed E-state index contributed by atoms with van der Waals surface area (Å²) < 4.78 is 28.7. The number of carbonyl (C=O) groups is 2. The molecule has 1 fully saturated rings. The molecular weight excluding hydrogens is 572 g/mol. The fourth-order valence-corrected chi connectivity index (χ4v) is 6.83. The summed E-state index contributed by atoms with van der Waals surface area (Å²) in [6.07, 6.45) is 5.87. The fourth-order valence-electron chi connectivity index (χ4n) is 6.83. The Kier molecular flexibility index (Phi) is 11.7. The van der Waals surface area contributed by atoms with E-state index in [9.17, 15) is 18.4 Å². The second-order valence-corrected chi connectivity index (χ2v) is 12.6. The number of likely N-dealkylation sites (N-methyl/N-ethyl adjacent to an activating group) is 1. The summed E-state index contributed by atoms with van der Waals surface area (Å²) in [5, 5.41) is 9.50. The molecule has 0 spiro atoms. The van der Waals surface area contributed by atoms with Gasteiger partial charge in [0.15, 0.2) is 5.66 Å². The summed E-state index contributed by atoms with van der Waals surface area (Å²) in [7, 11) is 4.00. The molecule has 3 unspecified atom stereocenters. The maximum absolute atomic E-state index is 14.3. The van der Waals surface area contributed by atoms with Gasteiger partial charge in [-0.25, -0.2) is 18.1 Å². The second kappa shape index (κ2) is 15.5. The van der Waals surface area contributed by atoms with Crippen LogP contribution >= 0.6 is 0 Å². The van der Waals surface area contributed by atoms with Gasteiger partial charge in [-0.2, -0.15) is 0 Å². The number of nitrogens with one attached hydrogen (secondary N) is 3. The predicted octanol–water partition coefficient (Wildman–Crippen LogP) is 6.97. The molecule has 1 saturated heterocycles. The van der Waals surface area contributed by atoms with Gasteiger partial charge < -0.3 is 15.5 Å². The van der Waals surface area contributed by atoms with Crippen LogP contribution in [0.3, 0.4) is 0 Å². The normalized spacial score (nSPS) is 20.9. The lowest BCUT2D eigenvalue weighted by Crippen LogP contribution is -2.77. The van der Waals surface area contributed by atoms with Crippen molar-refractivity contribution < 1.29 is 18.4 Å². The van der Waals surface area contributed by atoms with Crippen molar-refractivity contribution in [1.29, 1.82) is 0 Å². The summed E-state index contributed by atoms with van der Waals surface area (Å²) in [6.45, 7) is 5.59. The third-order valence-corrected chi connectivity index (χ3v) is 9.21. The highest BCUT2D eigenvalue weighted by Gasteiger charge is 2.59. The minimum Gasteiger partial charge on any atom is -0.352 e. The summed E-state index contributed by atoms with van der Waals surface area (Å²) in [5.41, 5.74) is 1.15. The van der Waals surface area contributed by atoms with E-state index in [-0.39, 0.29) is 40.0 Å². The molecule has 0 bridgehead atoms. The van der Waals surface area contributed by atoms with Crippen LogP contribution < -0.4 is 20.4 Å². The maximum atomic E-state index is 14.3. The van der Waals surface area contributed by atoms with E-state index in [1.54, 1.807) is 36.4 Å². The highest BCUT2D eigenvalue weighted by atomic mass is 19.1. The number of halogens is 2. The zero-order valence-electron chi connectivity index (χ0n) is 27.0. The molecule has 3 amide bonds. The lowest BCUT2D eigenvalue weighted by Gasteiger charge is -2.58. The van der Waals surface area contributed by atoms with Gasteiger partial charge in [-0.05, 0) is 56.9 Å². The van der Waals surface area contributed by atoms with E-state index < -0.39 is 5.66 Å². The molecule has 3 aromatic rings. The van der Waals surface area contributed by atoms with E-state index in [1.807, 2.05) is 39.2 Å². The number of quaternary nitrogens is 1. The molecule has 3 aromatic carbocycles. The minimum absolute atomic E-state index is 0.0563. The molecule has 9 heteroatoms. The van der Waals surface area contributed by atoms with E-state index in [2.05, 4.69) is 27.8 Å². The van der Waals surface area contributed by atoms with Crippen molar-refractivity contribution >= 4 is 23.3 Å². The third kappa shape index (κ3) is 8.07. The number of amides is 3. The van der Waals surface area contributed by atoms with Crippen LogP contribution in [0.4, 0.5) is 25.0 Å². The molecule has 0 radical (unpaired) electrons. The monoisotopic (exact) mass is 620 g/mol. The number of rotatable bonds is 13. The second-order valence-electron chi connectivity index (χ2n) is 12.6. The van der Waals surface area contributed by atoms with Crippen LogP contribution in [0, 0.1) is 17.6 Å². The molecule has 3 atom stereocenters. The number of unbranched alkanes of at least 4 members (excludes halogenated alkanes) is 4. The Morgan fingerprint density at radius 2 is 1.42 bits per heavy atom. The molecule has 45 heavy (non-hydrogen) atoms. The van der Waals surface area contributed by atoms with Crippen LogP contribution in [0.5, 0.6) is 0 Å². The number of hydrogen-bond acceptors (Lipinski definition) is 3. The van der Waals surface area contributed by atoms with Crippen molar-refractivity contribution in [2.24, 2.45) is 5.92 Å². The summed E-state index contributed by atoms with van der Waals surface area (Å²) >= 11 is 0. The SMILES string of the molecule is CCCCCCCNC(=O)NC1(C)CC(CNC(=O)c2ccccc2)C(N(C)C)C[N+]1(c1ccc(F)cc1)c1ccc(F)cc1. The largest absolute Gasteiger partial charge is 0.352 e. The standard InChI is InChI=1S/C36H47F2N5O2/c1-5-6-7-8-12-23-39-35(45)41-36(2)24-28(25-40-34(44)27-13-10-9-11-14-27)33(42(3)4)26-43(36,31-19-15-29(37)16-20-31)32-21-17-30(38)18-22-32/h9-11,13-22,28,33H,5-8,12,23-26H2,1-4H3,(H2-,39,40,41,44,45)/p+1. The Balaban J connectivity index is 1.73. The first-order chi connectivity index (χ1) is 21.6. The van der Waals surface area contributed by atoms with Crippen molar-refractivity contribution in [2.45, 2.75) is 64.1 Å². The molecule has 4 rings (SSSR count). The Morgan fingerprint density at radius 1 is 0.844 bits per heavy atom. The molecule has 3 N–H and O–H groups in total. The molecule has 1 aliphatic rings. The van der Waals surface area contributed by atoms with Crippen LogP contribution in [0.25, 0.3) is 0 Å². The predicted molar refractivity (Wildman–Crippen MR) is 177 cm³/mol. The Bertz CT molecular complexity index is 1340. The topological polar surface area (TPSA) is 73.5 Å². The van der Waals surface area contributed by atoms with E-state index >= 15 is 0 Å². The number of hydrogen-bond donors (Lipinski definition) is 3. The van der Waals surface area contributed by atoms with E-state index in [4.69, 9.17) is 0 Å². The molecule has 0 saturated carbocycles. The molecule has 1 heterocycles. The summed E-state index contributed by atoms with van der Waals surface area (Å²) in [6, 6.07) is 21.4. The number of nitrogens with zero attached hydrogens (tertiary/aromatic N) is 2. The van der Waals surface area contributed by atoms with E-state index in [0.29, 0.717) is 31.6 Å². The lowest BCUT2D eigenvalue weighted by atomic mass is 9.79. The Hall–Kier alpha value is -3.82. The highest BCUT2D eigenvalue weighted by Crippen LogP contribution is 2.49. The summed E-state index contributed by atoms with van der Waals surface area (Å²) in [4.78, 5) is 28.8. The van der Waals surface area contributed by atoms with Crippen molar-refractivity contribution in [3.63, 3.8) is 0 Å².